The number of aliphatic carboxylic acids is 1. The molecule has 1 amide bonds. The Morgan fingerprint density at radius 1 is 1.21 bits per heavy atom. The van der Waals surface area contributed by atoms with Crippen LogP contribution in [0, 0.1) is 0 Å². The highest BCUT2D eigenvalue weighted by atomic mass is 16.4. The zero-order valence-electron chi connectivity index (χ0n) is 19.8. The van der Waals surface area contributed by atoms with Crippen molar-refractivity contribution in [3.63, 3.8) is 0 Å². The molecule has 1 unspecified atom stereocenters. The highest BCUT2D eigenvalue weighted by Crippen LogP contribution is 2.20. The third kappa shape index (κ3) is 8.58. The minimum atomic E-state index is -0.924. The van der Waals surface area contributed by atoms with Gasteiger partial charge in [0.25, 0.3) is 0 Å². The molecular weight excluding hydrogens is 434 g/mol. The Balaban J connectivity index is 1.48. The quantitative estimate of drug-likeness (QED) is 0.306. The molecule has 10 heteroatoms. The van der Waals surface area contributed by atoms with Crippen molar-refractivity contribution in [1.29, 1.82) is 0 Å². The van der Waals surface area contributed by atoms with Crippen LogP contribution in [-0.2, 0) is 22.4 Å². The lowest BCUT2D eigenvalue weighted by Crippen LogP contribution is -2.39. The maximum Gasteiger partial charge on any atom is 0.326 e. The van der Waals surface area contributed by atoms with Crippen LogP contribution in [0.5, 0.6) is 0 Å². The molecule has 0 spiro atoms. The number of anilines is 2. The summed E-state index contributed by atoms with van der Waals surface area (Å²) in [5, 5.41) is 18.8. The fourth-order valence-corrected chi connectivity index (χ4v) is 4.00. The highest BCUT2D eigenvalue weighted by molar-refractivity contribution is 5.76. The standard InChI is InChI=1S/C24H35N7O3/c1-18(32)26-13-16-31(15-10-21(24(33)34)30-22-9-12-25-17-28-22)14-3-2-6-20-8-7-19-5-4-11-27-23(19)29-20/h7-9,12,17,21H,2-6,10-11,13-16H2,1H3,(H,26,32)(H,27,29)(H,33,34)(H,25,28,30). The number of hydrogen-bond acceptors (Lipinski definition) is 8. The lowest BCUT2D eigenvalue weighted by Gasteiger charge is -2.24. The maximum absolute atomic E-state index is 11.7. The van der Waals surface area contributed by atoms with Crippen LogP contribution in [-0.4, -0.2) is 75.6 Å². The van der Waals surface area contributed by atoms with Crippen molar-refractivity contribution >= 4 is 23.5 Å². The summed E-state index contributed by atoms with van der Waals surface area (Å²) in [6, 6.07) is 5.19. The van der Waals surface area contributed by atoms with Gasteiger partial charge in [0.05, 0.1) is 0 Å². The lowest BCUT2D eigenvalue weighted by molar-refractivity contribution is -0.138. The van der Waals surface area contributed by atoms with Crippen LogP contribution in [0.2, 0.25) is 0 Å². The Hall–Kier alpha value is -3.27. The SMILES string of the molecule is CC(=O)NCCN(CCCCc1ccc2c(n1)NCCC2)CCC(Nc1ccncn1)C(=O)O. The number of nitrogens with zero attached hydrogens (tertiary/aromatic N) is 4. The van der Waals surface area contributed by atoms with Crippen molar-refractivity contribution in [2.75, 3.05) is 43.4 Å². The van der Waals surface area contributed by atoms with Crippen LogP contribution in [0.25, 0.3) is 0 Å². The first-order valence-corrected chi connectivity index (χ1v) is 12.0. The Morgan fingerprint density at radius 2 is 2.09 bits per heavy atom. The van der Waals surface area contributed by atoms with E-state index >= 15 is 0 Å². The molecule has 0 aromatic carbocycles. The molecule has 0 saturated carbocycles. The van der Waals surface area contributed by atoms with Gasteiger partial charge in [-0.05, 0) is 62.8 Å². The number of amides is 1. The fourth-order valence-electron chi connectivity index (χ4n) is 4.00. The Bertz CT molecular complexity index is 926. The van der Waals surface area contributed by atoms with Crippen LogP contribution < -0.4 is 16.0 Å². The van der Waals surface area contributed by atoms with Crippen LogP contribution in [0.1, 0.15) is 43.9 Å². The van der Waals surface area contributed by atoms with Crippen LogP contribution >= 0.6 is 0 Å². The third-order valence-corrected chi connectivity index (χ3v) is 5.85. The van der Waals surface area contributed by atoms with Crippen molar-refractivity contribution in [2.24, 2.45) is 0 Å². The number of carboxylic acid groups (broad SMARTS) is 1. The number of aryl methyl sites for hydroxylation is 2. The molecular formula is C24H35N7O3. The predicted molar refractivity (Wildman–Crippen MR) is 131 cm³/mol. The summed E-state index contributed by atoms with van der Waals surface area (Å²) in [7, 11) is 0. The average molecular weight is 470 g/mol. The molecule has 3 heterocycles. The molecule has 1 atom stereocenters. The molecule has 0 saturated heterocycles. The average Bonchev–Trinajstić information content (AvgIpc) is 2.84. The number of unbranched alkanes of at least 4 members (excludes halogenated alkanes) is 1. The van der Waals surface area contributed by atoms with Crippen LogP contribution in [0.15, 0.2) is 30.7 Å². The molecule has 2 aromatic heterocycles. The molecule has 10 nitrogen and oxygen atoms in total. The van der Waals surface area contributed by atoms with Crippen molar-refractivity contribution in [1.82, 2.24) is 25.2 Å². The van der Waals surface area contributed by atoms with Gasteiger partial charge in [-0.1, -0.05) is 6.07 Å². The number of carbonyl (C=O) groups is 2. The largest absolute Gasteiger partial charge is 0.480 e. The molecule has 0 bridgehead atoms. The zero-order chi connectivity index (χ0) is 24.2. The number of hydrogen-bond donors (Lipinski definition) is 4. The first-order chi connectivity index (χ1) is 16.5. The molecule has 1 aliphatic heterocycles. The zero-order valence-corrected chi connectivity index (χ0v) is 19.8. The highest BCUT2D eigenvalue weighted by Gasteiger charge is 2.19. The van der Waals surface area contributed by atoms with E-state index in [1.165, 1.54) is 18.8 Å². The van der Waals surface area contributed by atoms with Gasteiger partial charge in [-0.3, -0.25) is 4.79 Å². The van der Waals surface area contributed by atoms with Gasteiger partial charge in [0.15, 0.2) is 0 Å². The van der Waals surface area contributed by atoms with Gasteiger partial charge in [0.1, 0.15) is 24.0 Å². The molecule has 184 valence electrons. The lowest BCUT2D eigenvalue weighted by atomic mass is 10.1. The Labute approximate surface area is 200 Å². The summed E-state index contributed by atoms with van der Waals surface area (Å²) in [5.41, 5.74) is 2.39. The van der Waals surface area contributed by atoms with Crippen LogP contribution in [0.3, 0.4) is 0 Å². The number of rotatable bonds is 14. The molecule has 0 aliphatic carbocycles. The summed E-state index contributed by atoms with van der Waals surface area (Å²) >= 11 is 0. The second kappa shape index (κ2) is 13.4. The first kappa shape index (κ1) is 25.4. The van der Waals surface area contributed by atoms with Gasteiger partial charge in [-0.15, -0.1) is 0 Å². The minimum absolute atomic E-state index is 0.0686. The number of fused-ring (bicyclic) bond motifs is 1. The molecule has 0 fully saturated rings. The van der Waals surface area contributed by atoms with Gasteiger partial charge >= 0.3 is 5.97 Å². The number of aromatic nitrogens is 3. The molecule has 2 aromatic rings. The maximum atomic E-state index is 11.7. The molecule has 3 rings (SSSR count). The topological polar surface area (TPSA) is 132 Å². The van der Waals surface area contributed by atoms with Crippen molar-refractivity contribution in [2.45, 2.75) is 51.5 Å². The van der Waals surface area contributed by atoms with Gasteiger partial charge in [0.2, 0.25) is 5.91 Å². The van der Waals surface area contributed by atoms with Crippen LogP contribution in [0.4, 0.5) is 11.6 Å². The van der Waals surface area contributed by atoms with Gasteiger partial charge in [0, 0.05) is 45.0 Å². The van der Waals surface area contributed by atoms with E-state index in [2.05, 4.69) is 43.0 Å². The smallest absolute Gasteiger partial charge is 0.326 e. The molecule has 4 N–H and O–H groups in total. The Morgan fingerprint density at radius 3 is 2.85 bits per heavy atom. The predicted octanol–water partition coefficient (Wildman–Crippen LogP) is 1.95. The Kier molecular flexibility index (Phi) is 10.0. The van der Waals surface area contributed by atoms with Crippen molar-refractivity contribution in [3.8, 4) is 0 Å². The second-order valence-electron chi connectivity index (χ2n) is 8.54. The van der Waals surface area contributed by atoms with Crippen molar-refractivity contribution < 1.29 is 14.7 Å². The number of carboxylic acids is 1. The van der Waals surface area contributed by atoms with E-state index in [0.29, 0.717) is 31.9 Å². The van der Waals surface area contributed by atoms with E-state index in [9.17, 15) is 14.7 Å². The number of carbonyl (C=O) groups excluding carboxylic acids is 1. The van der Waals surface area contributed by atoms with E-state index in [0.717, 1.165) is 56.7 Å². The minimum Gasteiger partial charge on any atom is -0.480 e. The fraction of sp³-hybridized carbons (Fsp3) is 0.542. The molecule has 0 radical (unpaired) electrons. The summed E-state index contributed by atoms with van der Waals surface area (Å²) in [6.45, 7) is 5.09. The van der Waals surface area contributed by atoms with E-state index in [1.54, 1.807) is 12.3 Å². The summed E-state index contributed by atoms with van der Waals surface area (Å²) in [4.78, 5) is 37.9. The monoisotopic (exact) mass is 469 g/mol. The van der Waals surface area contributed by atoms with E-state index in [1.807, 2.05) is 0 Å². The third-order valence-electron chi connectivity index (χ3n) is 5.85. The molecule has 1 aliphatic rings. The number of nitrogens with one attached hydrogen (secondary N) is 3. The number of pyridine rings is 1. The summed E-state index contributed by atoms with van der Waals surface area (Å²) in [5.74, 6) is 0.518. The van der Waals surface area contributed by atoms with Gasteiger partial charge < -0.3 is 26.0 Å². The second-order valence-corrected chi connectivity index (χ2v) is 8.54. The van der Waals surface area contributed by atoms with Gasteiger partial charge in [-0.2, -0.15) is 0 Å². The normalized spacial score (nSPS) is 13.6. The first-order valence-electron chi connectivity index (χ1n) is 12.0. The van der Waals surface area contributed by atoms with E-state index in [4.69, 9.17) is 4.98 Å². The van der Waals surface area contributed by atoms with E-state index in [-0.39, 0.29) is 5.91 Å². The van der Waals surface area contributed by atoms with Gasteiger partial charge in [-0.25, -0.2) is 19.7 Å². The van der Waals surface area contributed by atoms with E-state index < -0.39 is 12.0 Å². The molecule has 34 heavy (non-hydrogen) atoms. The van der Waals surface area contributed by atoms with Crippen molar-refractivity contribution in [3.05, 3.63) is 42.0 Å². The summed E-state index contributed by atoms with van der Waals surface area (Å²) < 4.78 is 0. The summed E-state index contributed by atoms with van der Waals surface area (Å²) in [6.07, 6.45) is 8.46.